The van der Waals surface area contributed by atoms with Crippen LogP contribution in [0.4, 0.5) is 0 Å². The zero-order valence-electron chi connectivity index (χ0n) is 15.6. The molecule has 138 valence electrons. The number of fused-ring (bicyclic) bond motifs is 1. The minimum Gasteiger partial charge on any atom is -0.481 e. The Morgan fingerprint density at radius 1 is 1.11 bits per heavy atom. The average molecular weight is 425 g/mol. The van der Waals surface area contributed by atoms with E-state index in [9.17, 15) is 4.79 Å². The summed E-state index contributed by atoms with van der Waals surface area (Å²) in [6, 6.07) is 14.0. The first-order valence-electron chi connectivity index (χ1n) is 8.92. The van der Waals surface area contributed by atoms with E-state index < -0.39 is 0 Å². The van der Waals surface area contributed by atoms with Crippen molar-refractivity contribution in [2.75, 3.05) is 7.11 Å². The van der Waals surface area contributed by atoms with Crippen molar-refractivity contribution in [3.8, 4) is 22.8 Å². The van der Waals surface area contributed by atoms with E-state index >= 15 is 0 Å². The number of carbonyl (C=O) groups excluding carboxylic acids is 1. The van der Waals surface area contributed by atoms with Gasteiger partial charge in [-0.1, -0.05) is 41.9 Å². The summed E-state index contributed by atoms with van der Waals surface area (Å²) < 4.78 is 8.39. The summed E-state index contributed by atoms with van der Waals surface area (Å²) in [5.74, 6) is 0.779. The summed E-state index contributed by atoms with van der Waals surface area (Å²) in [6.07, 6.45) is 3.22. The zero-order chi connectivity index (χ0) is 19.2. The van der Waals surface area contributed by atoms with Gasteiger partial charge in [0, 0.05) is 28.2 Å². The number of carbonyl (C=O) groups is 1. The number of nitrogens with zero attached hydrogens (tertiary/aromatic N) is 2. The van der Waals surface area contributed by atoms with Crippen LogP contribution in [0.5, 0.6) is 5.88 Å². The van der Waals surface area contributed by atoms with Crippen molar-refractivity contribution < 1.29 is 9.53 Å². The first kappa shape index (κ1) is 18.0. The molecule has 27 heavy (non-hydrogen) atoms. The van der Waals surface area contributed by atoms with Gasteiger partial charge in [-0.2, -0.15) is 0 Å². The fraction of sp³-hybridized carbons (Fsp3) is 0.273. The van der Waals surface area contributed by atoms with Gasteiger partial charge in [0.15, 0.2) is 5.78 Å². The monoisotopic (exact) mass is 424 g/mol. The van der Waals surface area contributed by atoms with Gasteiger partial charge in [0.1, 0.15) is 0 Å². The predicted octanol–water partition coefficient (Wildman–Crippen LogP) is 5.47. The molecule has 0 N–H and O–H groups in total. The number of halogens is 1. The van der Waals surface area contributed by atoms with Gasteiger partial charge in [-0.3, -0.25) is 4.79 Å². The Morgan fingerprint density at radius 3 is 2.48 bits per heavy atom. The van der Waals surface area contributed by atoms with E-state index in [0.717, 1.165) is 39.1 Å². The second-order valence-electron chi connectivity index (χ2n) is 7.73. The molecule has 1 aliphatic rings. The number of pyridine rings is 1. The van der Waals surface area contributed by atoms with Gasteiger partial charge in [0.25, 0.3) is 0 Å². The molecule has 4 nitrogen and oxygen atoms in total. The van der Waals surface area contributed by atoms with Crippen LogP contribution in [-0.4, -0.2) is 22.4 Å². The Kier molecular flexibility index (Phi) is 4.42. The van der Waals surface area contributed by atoms with Crippen LogP contribution in [0, 0.1) is 5.41 Å². The van der Waals surface area contributed by atoms with Crippen molar-refractivity contribution in [1.82, 2.24) is 9.55 Å². The summed E-state index contributed by atoms with van der Waals surface area (Å²) >= 11 is 3.49. The molecular weight excluding hydrogens is 404 g/mol. The lowest BCUT2D eigenvalue weighted by molar-refractivity contribution is 0.0911. The molecule has 1 aliphatic carbocycles. The molecule has 0 unspecified atom stereocenters. The van der Waals surface area contributed by atoms with E-state index in [4.69, 9.17) is 4.74 Å². The van der Waals surface area contributed by atoms with Gasteiger partial charge in [0.2, 0.25) is 5.88 Å². The van der Waals surface area contributed by atoms with Gasteiger partial charge >= 0.3 is 0 Å². The van der Waals surface area contributed by atoms with Gasteiger partial charge in [-0.15, -0.1) is 0 Å². The van der Waals surface area contributed by atoms with E-state index in [1.54, 1.807) is 13.3 Å². The number of ketones is 1. The summed E-state index contributed by atoms with van der Waals surface area (Å²) in [5, 5.41) is 0. The Balaban J connectivity index is 1.95. The molecule has 5 heteroatoms. The maximum absolute atomic E-state index is 12.8. The fourth-order valence-electron chi connectivity index (χ4n) is 3.77. The molecule has 2 aromatic heterocycles. The number of ether oxygens (including phenoxy) is 1. The Labute approximate surface area is 167 Å². The van der Waals surface area contributed by atoms with Crippen molar-refractivity contribution >= 4 is 21.7 Å². The third-order valence-corrected chi connectivity index (χ3v) is 5.55. The number of rotatable bonds is 3. The smallest absolute Gasteiger partial charge is 0.213 e. The van der Waals surface area contributed by atoms with Crippen LogP contribution in [0.1, 0.15) is 36.3 Å². The molecule has 0 radical (unpaired) electrons. The molecule has 2 heterocycles. The van der Waals surface area contributed by atoms with Crippen LogP contribution >= 0.6 is 15.9 Å². The average Bonchev–Trinajstić information content (AvgIpc) is 3.01. The summed E-state index contributed by atoms with van der Waals surface area (Å²) in [6.45, 7) is 4.30. The van der Waals surface area contributed by atoms with Crippen molar-refractivity contribution in [1.29, 1.82) is 0 Å². The number of hydrogen-bond acceptors (Lipinski definition) is 3. The highest BCUT2D eigenvalue weighted by Crippen LogP contribution is 2.40. The van der Waals surface area contributed by atoms with E-state index in [2.05, 4.69) is 51.5 Å². The molecule has 1 aromatic carbocycles. The molecule has 0 saturated heterocycles. The Hall–Kier alpha value is -2.40. The molecule has 0 aliphatic heterocycles. The summed E-state index contributed by atoms with van der Waals surface area (Å²) in [4.78, 5) is 17.2. The molecule has 3 aromatic rings. The minimum absolute atomic E-state index is 0.0585. The molecule has 0 bridgehead atoms. The highest BCUT2D eigenvalue weighted by molar-refractivity contribution is 9.10. The second-order valence-corrected chi connectivity index (χ2v) is 8.65. The minimum atomic E-state index is -0.0585. The number of methoxy groups -OCH3 is 1. The third-order valence-electron chi connectivity index (χ3n) is 5.02. The summed E-state index contributed by atoms with van der Waals surface area (Å²) in [5.41, 5.74) is 4.82. The lowest BCUT2D eigenvalue weighted by Crippen LogP contribution is -2.27. The lowest BCUT2D eigenvalue weighted by Gasteiger charge is -2.29. The highest BCUT2D eigenvalue weighted by atomic mass is 79.9. The maximum Gasteiger partial charge on any atom is 0.213 e. The SMILES string of the molecule is COc1ccc(-n2c(-c3ccc(Br)cc3)cc3c2CC(C)(C)CC3=O)cn1. The Bertz CT molecular complexity index is 1000. The topological polar surface area (TPSA) is 44.1 Å². The quantitative estimate of drug-likeness (QED) is 0.559. The number of benzene rings is 1. The Morgan fingerprint density at radius 2 is 1.85 bits per heavy atom. The molecule has 4 rings (SSSR count). The first-order chi connectivity index (χ1) is 12.9. The van der Waals surface area contributed by atoms with Crippen LogP contribution in [0.2, 0.25) is 0 Å². The largest absolute Gasteiger partial charge is 0.481 e. The molecule has 0 atom stereocenters. The van der Waals surface area contributed by atoms with Crippen molar-refractivity contribution in [3.63, 3.8) is 0 Å². The number of aromatic nitrogens is 2. The van der Waals surface area contributed by atoms with E-state index in [-0.39, 0.29) is 11.2 Å². The second kappa shape index (κ2) is 6.64. The van der Waals surface area contributed by atoms with Gasteiger partial charge in [-0.05, 0) is 41.7 Å². The maximum atomic E-state index is 12.8. The van der Waals surface area contributed by atoms with Crippen molar-refractivity contribution in [2.24, 2.45) is 5.41 Å². The summed E-state index contributed by atoms with van der Waals surface area (Å²) in [7, 11) is 1.61. The fourth-order valence-corrected chi connectivity index (χ4v) is 4.03. The molecule has 0 saturated carbocycles. The van der Waals surface area contributed by atoms with Gasteiger partial charge < -0.3 is 9.30 Å². The molecule has 0 fully saturated rings. The van der Waals surface area contributed by atoms with E-state index in [1.165, 1.54) is 0 Å². The highest BCUT2D eigenvalue weighted by Gasteiger charge is 2.35. The molecule has 0 amide bonds. The van der Waals surface area contributed by atoms with Gasteiger partial charge in [0.05, 0.1) is 24.7 Å². The third kappa shape index (κ3) is 3.32. The normalized spacial score (nSPS) is 15.5. The first-order valence-corrected chi connectivity index (χ1v) is 9.71. The van der Waals surface area contributed by atoms with Gasteiger partial charge in [-0.25, -0.2) is 4.98 Å². The molecule has 0 spiro atoms. The standard InChI is InChI=1S/C22H21BrN2O2/c1-22(2)11-19-17(20(26)12-22)10-18(14-4-6-15(23)7-5-14)25(19)16-8-9-21(27-3)24-13-16/h4-10,13H,11-12H2,1-3H3. The van der Waals surface area contributed by atoms with E-state index in [0.29, 0.717) is 12.3 Å². The van der Waals surface area contributed by atoms with Crippen LogP contribution in [0.3, 0.4) is 0 Å². The molecular formula is C22H21BrN2O2. The lowest BCUT2D eigenvalue weighted by atomic mass is 9.76. The predicted molar refractivity (Wildman–Crippen MR) is 110 cm³/mol. The van der Waals surface area contributed by atoms with Crippen LogP contribution in [-0.2, 0) is 6.42 Å². The van der Waals surface area contributed by atoms with Crippen molar-refractivity contribution in [2.45, 2.75) is 26.7 Å². The van der Waals surface area contributed by atoms with Crippen LogP contribution in [0.15, 0.2) is 53.1 Å². The number of hydrogen-bond donors (Lipinski definition) is 0. The number of Topliss-reactive ketones (excluding diaryl/α,β-unsaturated/α-hetero) is 1. The van der Waals surface area contributed by atoms with Crippen molar-refractivity contribution in [3.05, 3.63) is 64.4 Å². The zero-order valence-corrected chi connectivity index (χ0v) is 17.2. The van der Waals surface area contributed by atoms with Crippen LogP contribution < -0.4 is 4.74 Å². The van der Waals surface area contributed by atoms with E-state index in [1.807, 2.05) is 30.3 Å². The van der Waals surface area contributed by atoms with Crippen LogP contribution in [0.25, 0.3) is 16.9 Å².